The lowest BCUT2D eigenvalue weighted by molar-refractivity contribution is -0.133. The molecular formula is C16H15FN2O2. The number of hydrogen-bond donors (Lipinski definition) is 2. The van der Waals surface area contributed by atoms with Gasteiger partial charge in [-0.1, -0.05) is 31.2 Å². The van der Waals surface area contributed by atoms with Crippen LogP contribution in [0.1, 0.15) is 12.5 Å². The Kier molecular flexibility index (Phi) is 4.66. The standard InChI is InChI=1S/C16H15FN2O2/c1-2-11-6-3-4-9-14(11)19-16(21)15(20)18-13-8-5-7-12(17)10-13/h3-10H,2H2,1H3,(H,18,20)(H,19,21). The van der Waals surface area contributed by atoms with Crippen molar-refractivity contribution in [2.45, 2.75) is 13.3 Å². The number of hydrogen-bond acceptors (Lipinski definition) is 2. The molecule has 0 aliphatic carbocycles. The topological polar surface area (TPSA) is 58.2 Å². The minimum atomic E-state index is -0.841. The number of aryl methyl sites for hydroxylation is 1. The zero-order valence-electron chi connectivity index (χ0n) is 11.5. The predicted octanol–water partition coefficient (Wildman–Crippen LogP) is 2.97. The van der Waals surface area contributed by atoms with Gasteiger partial charge < -0.3 is 10.6 Å². The maximum absolute atomic E-state index is 13.0. The van der Waals surface area contributed by atoms with E-state index in [0.29, 0.717) is 5.69 Å². The van der Waals surface area contributed by atoms with E-state index in [1.165, 1.54) is 18.2 Å². The summed E-state index contributed by atoms with van der Waals surface area (Å²) < 4.78 is 13.0. The fourth-order valence-corrected chi connectivity index (χ4v) is 1.88. The fourth-order valence-electron chi connectivity index (χ4n) is 1.88. The summed E-state index contributed by atoms with van der Waals surface area (Å²) in [6.45, 7) is 1.96. The molecule has 0 aliphatic rings. The van der Waals surface area contributed by atoms with Crippen molar-refractivity contribution >= 4 is 23.2 Å². The van der Waals surface area contributed by atoms with Crippen LogP contribution in [0.25, 0.3) is 0 Å². The second-order valence-corrected chi connectivity index (χ2v) is 4.43. The first-order valence-electron chi connectivity index (χ1n) is 6.56. The van der Waals surface area contributed by atoms with Crippen molar-refractivity contribution in [1.82, 2.24) is 0 Å². The van der Waals surface area contributed by atoms with Crippen molar-refractivity contribution < 1.29 is 14.0 Å². The molecule has 0 atom stereocenters. The first-order valence-corrected chi connectivity index (χ1v) is 6.56. The van der Waals surface area contributed by atoms with Crippen LogP contribution in [-0.2, 0) is 16.0 Å². The number of carbonyl (C=O) groups excluding carboxylic acids is 2. The molecule has 0 aliphatic heterocycles. The molecule has 5 heteroatoms. The van der Waals surface area contributed by atoms with Crippen molar-refractivity contribution in [3.05, 3.63) is 59.9 Å². The maximum Gasteiger partial charge on any atom is 0.314 e. The number of halogens is 1. The Morgan fingerprint density at radius 1 is 1.00 bits per heavy atom. The highest BCUT2D eigenvalue weighted by atomic mass is 19.1. The first-order chi connectivity index (χ1) is 10.1. The number of carbonyl (C=O) groups is 2. The summed E-state index contributed by atoms with van der Waals surface area (Å²) in [5, 5.41) is 4.90. The van der Waals surface area contributed by atoms with E-state index in [9.17, 15) is 14.0 Å². The molecule has 0 spiro atoms. The van der Waals surface area contributed by atoms with E-state index >= 15 is 0 Å². The molecule has 21 heavy (non-hydrogen) atoms. The summed E-state index contributed by atoms with van der Waals surface area (Å²) in [7, 11) is 0. The average molecular weight is 286 g/mol. The summed E-state index contributed by atoms with van der Waals surface area (Å²) in [4.78, 5) is 23.6. The van der Waals surface area contributed by atoms with E-state index < -0.39 is 17.6 Å². The van der Waals surface area contributed by atoms with Gasteiger partial charge in [0.25, 0.3) is 0 Å². The molecule has 0 aromatic heterocycles. The lowest BCUT2D eigenvalue weighted by Crippen LogP contribution is -2.29. The van der Waals surface area contributed by atoms with Crippen LogP contribution in [0.15, 0.2) is 48.5 Å². The summed E-state index contributed by atoms with van der Waals surface area (Å²) in [6.07, 6.45) is 0.738. The number of anilines is 2. The van der Waals surface area contributed by atoms with Crippen molar-refractivity contribution in [3.63, 3.8) is 0 Å². The SMILES string of the molecule is CCc1ccccc1NC(=O)C(=O)Nc1cccc(F)c1. The molecular weight excluding hydrogens is 271 g/mol. The number of nitrogens with one attached hydrogen (secondary N) is 2. The van der Waals surface area contributed by atoms with Gasteiger partial charge in [0.15, 0.2) is 0 Å². The van der Waals surface area contributed by atoms with Crippen molar-refractivity contribution in [2.24, 2.45) is 0 Å². The van der Waals surface area contributed by atoms with Crippen molar-refractivity contribution in [3.8, 4) is 0 Å². The molecule has 2 N–H and O–H groups in total. The van der Waals surface area contributed by atoms with Crippen LogP contribution in [0, 0.1) is 5.82 Å². The summed E-state index contributed by atoms with van der Waals surface area (Å²) in [5.74, 6) is -2.11. The summed E-state index contributed by atoms with van der Waals surface area (Å²) in [5.41, 5.74) is 1.77. The van der Waals surface area contributed by atoms with E-state index in [0.717, 1.165) is 18.1 Å². The average Bonchev–Trinajstić information content (AvgIpc) is 2.47. The van der Waals surface area contributed by atoms with Crippen LogP contribution in [0.3, 0.4) is 0 Å². The zero-order chi connectivity index (χ0) is 15.2. The van der Waals surface area contributed by atoms with E-state index in [-0.39, 0.29) is 5.69 Å². The van der Waals surface area contributed by atoms with Gasteiger partial charge >= 0.3 is 11.8 Å². The van der Waals surface area contributed by atoms with Crippen LogP contribution in [-0.4, -0.2) is 11.8 Å². The third-order valence-corrected chi connectivity index (χ3v) is 2.94. The minimum Gasteiger partial charge on any atom is -0.318 e. The van der Waals surface area contributed by atoms with E-state index in [2.05, 4.69) is 10.6 Å². The molecule has 2 aromatic rings. The van der Waals surface area contributed by atoms with Gasteiger partial charge in [-0.15, -0.1) is 0 Å². The summed E-state index contributed by atoms with van der Waals surface area (Å²) in [6, 6.07) is 12.6. The summed E-state index contributed by atoms with van der Waals surface area (Å²) >= 11 is 0. The molecule has 2 aromatic carbocycles. The molecule has 0 unspecified atom stereocenters. The quantitative estimate of drug-likeness (QED) is 0.852. The molecule has 0 fully saturated rings. The highest BCUT2D eigenvalue weighted by molar-refractivity contribution is 6.43. The fraction of sp³-hybridized carbons (Fsp3) is 0.125. The van der Waals surface area contributed by atoms with Crippen molar-refractivity contribution in [2.75, 3.05) is 10.6 Å². The van der Waals surface area contributed by atoms with E-state index in [1.54, 1.807) is 12.1 Å². The molecule has 0 saturated heterocycles. The van der Waals surface area contributed by atoms with Crippen LogP contribution in [0.4, 0.5) is 15.8 Å². The van der Waals surface area contributed by atoms with Gasteiger partial charge in [-0.2, -0.15) is 0 Å². The number of rotatable bonds is 3. The first kappa shape index (κ1) is 14.7. The smallest absolute Gasteiger partial charge is 0.314 e. The Morgan fingerprint density at radius 3 is 2.43 bits per heavy atom. The Balaban J connectivity index is 2.04. The zero-order valence-corrected chi connectivity index (χ0v) is 11.5. The van der Waals surface area contributed by atoms with Gasteiger partial charge in [-0.05, 0) is 36.2 Å². The molecule has 0 bridgehead atoms. The highest BCUT2D eigenvalue weighted by Gasteiger charge is 2.15. The highest BCUT2D eigenvalue weighted by Crippen LogP contribution is 2.15. The Hall–Kier alpha value is -2.69. The molecule has 2 rings (SSSR count). The molecule has 0 radical (unpaired) electrons. The Bertz CT molecular complexity index is 671. The molecule has 0 heterocycles. The van der Waals surface area contributed by atoms with Crippen LogP contribution >= 0.6 is 0 Å². The molecule has 2 amide bonds. The predicted molar refractivity (Wildman–Crippen MR) is 79.5 cm³/mol. The van der Waals surface area contributed by atoms with Gasteiger partial charge in [0.1, 0.15) is 5.82 Å². The lowest BCUT2D eigenvalue weighted by atomic mass is 10.1. The number of para-hydroxylation sites is 1. The van der Waals surface area contributed by atoms with Crippen LogP contribution < -0.4 is 10.6 Å². The third kappa shape index (κ3) is 3.89. The Labute approximate surface area is 122 Å². The Morgan fingerprint density at radius 2 is 1.71 bits per heavy atom. The minimum absolute atomic E-state index is 0.235. The van der Waals surface area contributed by atoms with Crippen LogP contribution in [0.2, 0.25) is 0 Å². The van der Waals surface area contributed by atoms with Gasteiger partial charge in [0, 0.05) is 11.4 Å². The van der Waals surface area contributed by atoms with E-state index in [1.807, 2.05) is 19.1 Å². The van der Waals surface area contributed by atoms with Gasteiger partial charge in [0.05, 0.1) is 0 Å². The number of benzene rings is 2. The monoisotopic (exact) mass is 286 g/mol. The van der Waals surface area contributed by atoms with Gasteiger partial charge in [-0.3, -0.25) is 9.59 Å². The second-order valence-electron chi connectivity index (χ2n) is 4.43. The maximum atomic E-state index is 13.0. The molecule has 4 nitrogen and oxygen atoms in total. The second kappa shape index (κ2) is 6.65. The lowest BCUT2D eigenvalue weighted by Gasteiger charge is -2.09. The normalized spacial score (nSPS) is 10.0. The van der Waals surface area contributed by atoms with Gasteiger partial charge in [-0.25, -0.2) is 4.39 Å². The van der Waals surface area contributed by atoms with Crippen molar-refractivity contribution in [1.29, 1.82) is 0 Å². The molecule has 108 valence electrons. The molecule has 0 saturated carbocycles. The van der Waals surface area contributed by atoms with Crippen LogP contribution in [0.5, 0.6) is 0 Å². The largest absolute Gasteiger partial charge is 0.318 e. The van der Waals surface area contributed by atoms with E-state index in [4.69, 9.17) is 0 Å². The third-order valence-electron chi connectivity index (χ3n) is 2.94. The van der Waals surface area contributed by atoms with Gasteiger partial charge in [0.2, 0.25) is 0 Å². The number of amides is 2.